The number of hydrogen-bond donors (Lipinski definition) is 1. The van der Waals surface area contributed by atoms with E-state index in [0.717, 1.165) is 67.2 Å². The second-order valence-corrected chi connectivity index (χ2v) is 9.72. The summed E-state index contributed by atoms with van der Waals surface area (Å²) in [5, 5.41) is 3.40. The molecule has 0 radical (unpaired) electrons. The lowest BCUT2D eigenvalue weighted by molar-refractivity contribution is 0.0961. The minimum atomic E-state index is 0.0460. The van der Waals surface area contributed by atoms with Gasteiger partial charge in [0.1, 0.15) is 12.1 Å². The average Bonchev–Trinajstić information content (AvgIpc) is 3.33. The molecule has 2 aliphatic rings. The molecule has 1 atom stereocenters. The van der Waals surface area contributed by atoms with E-state index >= 15 is 0 Å². The number of nitrogens with one attached hydrogen (secondary N) is 1. The highest BCUT2D eigenvalue weighted by Crippen LogP contribution is 2.35. The number of carbonyl (C=O) groups excluding carboxylic acids is 1. The molecule has 1 unspecified atom stereocenters. The minimum absolute atomic E-state index is 0.0460. The van der Waals surface area contributed by atoms with Gasteiger partial charge in [-0.15, -0.1) is 0 Å². The molecule has 6 nitrogen and oxygen atoms in total. The molecule has 1 saturated heterocycles. The topological polar surface area (TPSA) is 67.3 Å². The maximum atomic E-state index is 12.8. The van der Waals surface area contributed by atoms with Crippen LogP contribution in [0.15, 0.2) is 60.9 Å². The number of aromatic nitrogens is 2. The van der Waals surface area contributed by atoms with Gasteiger partial charge in [0.15, 0.2) is 5.78 Å². The van der Waals surface area contributed by atoms with Crippen LogP contribution in [0.4, 0.5) is 11.5 Å². The summed E-state index contributed by atoms with van der Waals surface area (Å²) in [6.07, 6.45) is 7.41. The molecule has 5 rings (SSSR count). The Kier molecular flexibility index (Phi) is 7.50. The van der Waals surface area contributed by atoms with E-state index < -0.39 is 0 Å². The number of Topliss-reactive ketones (excluding diaryl/α,β-unsaturated/α-hetero) is 1. The lowest BCUT2D eigenvalue weighted by atomic mass is 9.90. The number of nitrogens with zero attached hydrogens (tertiary/aromatic N) is 3. The van der Waals surface area contributed by atoms with Crippen LogP contribution in [0.25, 0.3) is 0 Å². The van der Waals surface area contributed by atoms with Crippen molar-refractivity contribution in [3.05, 3.63) is 83.3 Å². The molecule has 2 heterocycles. The number of ketones is 1. The second kappa shape index (κ2) is 11.1. The summed E-state index contributed by atoms with van der Waals surface area (Å²) >= 11 is 0. The molecular formula is C29H34N4O2. The van der Waals surface area contributed by atoms with Crippen molar-refractivity contribution in [3.63, 3.8) is 0 Å². The summed E-state index contributed by atoms with van der Waals surface area (Å²) in [6, 6.07) is 18.4. The van der Waals surface area contributed by atoms with Gasteiger partial charge in [-0.2, -0.15) is 0 Å². The van der Waals surface area contributed by atoms with E-state index in [2.05, 4.69) is 50.5 Å². The maximum absolute atomic E-state index is 12.8. The largest absolute Gasteiger partial charge is 0.375 e. The first-order chi connectivity index (χ1) is 17.2. The molecule has 0 amide bonds. The fraction of sp³-hybridized carbons (Fsp3) is 0.414. The number of carbonyl (C=O) groups is 1. The van der Waals surface area contributed by atoms with E-state index in [9.17, 15) is 4.79 Å². The van der Waals surface area contributed by atoms with Gasteiger partial charge in [-0.25, -0.2) is 9.97 Å². The van der Waals surface area contributed by atoms with E-state index in [1.165, 1.54) is 18.4 Å². The first-order valence-corrected chi connectivity index (χ1v) is 12.7. The van der Waals surface area contributed by atoms with Crippen molar-refractivity contribution in [2.24, 2.45) is 5.92 Å². The normalized spacial score (nSPS) is 18.4. The van der Waals surface area contributed by atoms with Gasteiger partial charge in [0.05, 0.1) is 11.8 Å². The van der Waals surface area contributed by atoms with Crippen LogP contribution in [-0.4, -0.2) is 40.9 Å². The van der Waals surface area contributed by atoms with Gasteiger partial charge >= 0.3 is 0 Å². The van der Waals surface area contributed by atoms with Crippen LogP contribution in [0.1, 0.15) is 65.4 Å². The predicted octanol–water partition coefficient (Wildman–Crippen LogP) is 5.73. The summed E-state index contributed by atoms with van der Waals surface area (Å²) in [6.45, 7) is 3.26. The smallest absolute Gasteiger partial charge is 0.162 e. The number of anilines is 2. The van der Waals surface area contributed by atoms with Crippen LogP contribution in [0.2, 0.25) is 0 Å². The van der Waals surface area contributed by atoms with E-state index in [0.29, 0.717) is 12.3 Å². The Hall–Kier alpha value is -3.09. The number of fused-ring (bicyclic) bond motifs is 1. The molecule has 1 fully saturated rings. The molecular weight excluding hydrogens is 436 g/mol. The van der Waals surface area contributed by atoms with E-state index in [4.69, 9.17) is 4.74 Å². The van der Waals surface area contributed by atoms with Gasteiger partial charge in [0, 0.05) is 36.9 Å². The van der Waals surface area contributed by atoms with Crippen molar-refractivity contribution in [3.8, 4) is 0 Å². The fourth-order valence-corrected chi connectivity index (χ4v) is 5.33. The third-order valence-electron chi connectivity index (χ3n) is 7.43. The maximum Gasteiger partial charge on any atom is 0.162 e. The van der Waals surface area contributed by atoms with Crippen LogP contribution in [-0.2, 0) is 17.7 Å². The average molecular weight is 471 g/mol. The molecule has 1 N–H and O–H groups in total. The summed E-state index contributed by atoms with van der Waals surface area (Å²) < 4.78 is 5.52. The molecule has 0 spiro atoms. The molecule has 1 aliphatic heterocycles. The second-order valence-electron chi connectivity index (χ2n) is 9.72. The third kappa shape index (κ3) is 5.77. The Balaban J connectivity index is 1.09. The molecule has 0 saturated carbocycles. The number of methoxy groups -OCH3 is 1. The van der Waals surface area contributed by atoms with Crippen LogP contribution in [0, 0.1) is 5.92 Å². The third-order valence-corrected chi connectivity index (χ3v) is 7.43. The first-order valence-electron chi connectivity index (χ1n) is 12.7. The quantitative estimate of drug-likeness (QED) is 0.403. The number of hydrogen-bond acceptors (Lipinski definition) is 6. The molecule has 0 bridgehead atoms. The SMILES string of the molecule is COC1CCc2c(Nc3ccc(C(=O)CCC4CCN(Cc5ccccc5)CC4)cc3)ncnc21. The van der Waals surface area contributed by atoms with Crippen molar-refractivity contribution >= 4 is 17.3 Å². The zero-order chi connectivity index (χ0) is 24.0. The summed E-state index contributed by atoms with van der Waals surface area (Å²) in [4.78, 5) is 24.2. The molecule has 1 aliphatic carbocycles. The molecule has 182 valence electrons. The Morgan fingerprint density at radius 1 is 1.03 bits per heavy atom. The Morgan fingerprint density at radius 3 is 2.54 bits per heavy atom. The standard InChI is InChI=1S/C29H34N4O2/c1-35-27-14-12-25-28(27)30-20-31-29(25)32-24-10-8-23(9-11-24)26(34)13-7-21-15-17-33(18-16-21)19-22-5-3-2-4-6-22/h2-6,8-11,20-21,27H,7,12-19H2,1H3,(H,30,31,32). The minimum Gasteiger partial charge on any atom is -0.375 e. The number of ether oxygens (including phenoxy) is 1. The Labute approximate surface area is 207 Å². The first kappa shape index (κ1) is 23.6. The molecule has 1 aromatic heterocycles. The van der Waals surface area contributed by atoms with E-state index in [1.807, 2.05) is 24.3 Å². The number of piperidine rings is 1. The fourth-order valence-electron chi connectivity index (χ4n) is 5.33. The van der Waals surface area contributed by atoms with Gasteiger partial charge in [-0.1, -0.05) is 30.3 Å². The number of benzene rings is 2. The summed E-state index contributed by atoms with van der Waals surface area (Å²) in [5.41, 5.74) is 5.18. The van der Waals surface area contributed by atoms with Crippen LogP contribution in [0.5, 0.6) is 0 Å². The highest BCUT2D eigenvalue weighted by atomic mass is 16.5. The van der Waals surface area contributed by atoms with Crippen molar-refractivity contribution in [2.75, 3.05) is 25.5 Å². The van der Waals surface area contributed by atoms with Gasteiger partial charge < -0.3 is 10.1 Å². The molecule has 3 aromatic rings. The molecule has 35 heavy (non-hydrogen) atoms. The Morgan fingerprint density at radius 2 is 1.80 bits per heavy atom. The predicted molar refractivity (Wildman–Crippen MR) is 138 cm³/mol. The lowest BCUT2D eigenvalue weighted by Crippen LogP contribution is -2.33. The monoisotopic (exact) mass is 470 g/mol. The zero-order valence-electron chi connectivity index (χ0n) is 20.5. The van der Waals surface area contributed by atoms with Gasteiger partial charge in [0.25, 0.3) is 0 Å². The molecule has 6 heteroatoms. The van der Waals surface area contributed by atoms with Crippen molar-refractivity contribution in [1.29, 1.82) is 0 Å². The van der Waals surface area contributed by atoms with Gasteiger partial charge in [-0.05, 0) is 80.9 Å². The van der Waals surface area contributed by atoms with Gasteiger partial charge in [-0.3, -0.25) is 9.69 Å². The highest BCUT2D eigenvalue weighted by Gasteiger charge is 2.27. The zero-order valence-corrected chi connectivity index (χ0v) is 20.5. The number of likely N-dealkylation sites (tertiary alicyclic amines) is 1. The van der Waals surface area contributed by atoms with Crippen molar-refractivity contribution in [2.45, 2.75) is 51.2 Å². The summed E-state index contributed by atoms with van der Waals surface area (Å²) in [7, 11) is 1.72. The van der Waals surface area contributed by atoms with Crippen LogP contribution >= 0.6 is 0 Å². The van der Waals surface area contributed by atoms with Crippen LogP contribution in [0.3, 0.4) is 0 Å². The molecule has 2 aromatic carbocycles. The van der Waals surface area contributed by atoms with Crippen LogP contribution < -0.4 is 5.32 Å². The van der Waals surface area contributed by atoms with Gasteiger partial charge in [0.2, 0.25) is 0 Å². The van der Waals surface area contributed by atoms with Crippen molar-refractivity contribution < 1.29 is 9.53 Å². The van der Waals surface area contributed by atoms with Crippen molar-refractivity contribution in [1.82, 2.24) is 14.9 Å². The number of rotatable bonds is 9. The Bertz CT molecular complexity index is 1130. The van der Waals surface area contributed by atoms with E-state index in [1.54, 1.807) is 13.4 Å². The lowest BCUT2D eigenvalue weighted by Gasteiger charge is -2.32. The van der Waals surface area contributed by atoms with E-state index in [-0.39, 0.29) is 11.9 Å². The summed E-state index contributed by atoms with van der Waals surface area (Å²) in [5.74, 6) is 1.70. The highest BCUT2D eigenvalue weighted by molar-refractivity contribution is 5.96.